The van der Waals surface area contributed by atoms with Crippen LogP contribution in [0.3, 0.4) is 0 Å². The van der Waals surface area contributed by atoms with Gasteiger partial charge in [0.25, 0.3) is 0 Å². The number of aliphatic hydroxyl groups is 1. The standard InChI is InChI=1S/C17H23NO/c1-17(2,10-11-19)13-18-12-15-8-5-7-14-6-3-4-9-16(14)15/h3-9,18-19H,10-13H2,1-2H3. The summed E-state index contributed by atoms with van der Waals surface area (Å²) in [5, 5.41) is 15.1. The summed E-state index contributed by atoms with van der Waals surface area (Å²) >= 11 is 0. The Balaban J connectivity index is 2.02. The van der Waals surface area contributed by atoms with E-state index in [9.17, 15) is 0 Å². The maximum Gasteiger partial charge on any atom is 0.0436 e. The Bertz CT molecular complexity index is 528. The molecule has 0 aromatic heterocycles. The maximum atomic E-state index is 9.03. The van der Waals surface area contributed by atoms with Gasteiger partial charge in [-0.3, -0.25) is 0 Å². The molecule has 0 bridgehead atoms. The van der Waals surface area contributed by atoms with Crippen LogP contribution in [0, 0.1) is 5.41 Å². The van der Waals surface area contributed by atoms with Crippen LogP contribution < -0.4 is 5.32 Å². The van der Waals surface area contributed by atoms with Gasteiger partial charge in [-0.05, 0) is 28.2 Å². The molecule has 0 aliphatic carbocycles. The van der Waals surface area contributed by atoms with Crippen LogP contribution in [0.5, 0.6) is 0 Å². The van der Waals surface area contributed by atoms with E-state index in [2.05, 4.69) is 61.6 Å². The highest BCUT2D eigenvalue weighted by Crippen LogP contribution is 2.20. The van der Waals surface area contributed by atoms with Crippen molar-refractivity contribution < 1.29 is 5.11 Å². The van der Waals surface area contributed by atoms with Crippen molar-refractivity contribution in [1.82, 2.24) is 5.32 Å². The zero-order chi connectivity index (χ0) is 13.7. The molecule has 0 unspecified atom stereocenters. The van der Waals surface area contributed by atoms with Crippen molar-refractivity contribution in [2.24, 2.45) is 5.41 Å². The van der Waals surface area contributed by atoms with Gasteiger partial charge in [-0.25, -0.2) is 0 Å². The van der Waals surface area contributed by atoms with Gasteiger partial charge in [0.2, 0.25) is 0 Å². The molecule has 19 heavy (non-hydrogen) atoms. The third-order valence-corrected chi connectivity index (χ3v) is 3.59. The van der Waals surface area contributed by atoms with E-state index in [4.69, 9.17) is 5.11 Å². The number of nitrogens with one attached hydrogen (secondary N) is 1. The molecule has 2 N–H and O–H groups in total. The van der Waals surface area contributed by atoms with Crippen LogP contribution in [0.4, 0.5) is 0 Å². The second-order valence-corrected chi connectivity index (χ2v) is 5.88. The third kappa shape index (κ3) is 3.79. The van der Waals surface area contributed by atoms with E-state index < -0.39 is 0 Å². The summed E-state index contributed by atoms with van der Waals surface area (Å²) in [5.74, 6) is 0. The van der Waals surface area contributed by atoms with Crippen LogP contribution in [-0.2, 0) is 6.54 Å². The Labute approximate surface area is 115 Å². The Morgan fingerprint density at radius 3 is 2.58 bits per heavy atom. The maximum absolute atomic E-state index is 9.03. The molecule has 2 aromatic rings. The third-order valence-electron chi connectivity index (χ3n) is 3.59. The minimum atomic E-state index is 0.138. The summed E-state index contributed by atoms with van der Waals surface area (Å²) in [5.41, 5.74) is 1.47. The van der Waals surface area contributed by atoms with E-state index >= 15 is 0 Å². The Morgan fingerprint density at radius 2 is 1.79 bits per heavy atom. The van der Waals surface area contributed by atoms with Gasteiger partial charge in [-0.2, -0.15) is 0 Å². The minimum absolute atomic E-state index is 0.138. The molecule has 0 saturated carbocycles. The van der Waals surface area contributed by atoms with E-state index in [1.165, 1.54) is 16.3 Å². The molecule has 0 amide bonds. The second kappa shape index (κ2) is 6.18. The highest BCUT2D eigenvalue weighted by atomic mass is 16.3. The summed E-state index contributed by atoms with van der Waals surface area (Å²) < 4.78 is 0. The van der Waals surface area contributed by atoms with Crippen LogP contribution in [-0.4, -0.2) is 18.3 Å². The van der Waals surface area contributed by atoms with Gasteiger partial charge in [0.05, 0.1) is 0 Å². The average Bonchev–Trinajstić information content (AvgIpc) is 2.39. The molecule has 0 aliphatic rings. The summed E-state index contributed by atoms with van der Waals surface area (Å²) in [4.78, 5) is 0. The normalized spacial score (nSPS) is 11.9. The number of hydrogen-bond donors (Lipinski definition) is 2. The van der Waals surface area contributed by atoms with Crippen LogP contribution in [0.1, 0.15) is 25.8 Å². The lowest BCUT2D eigenvalue weighted by Crippen LogP contribution is -2.29. The first-order chi connectivity index (χ1) is 9.12. The fraction of sp³-hybridized carbons (Fsp3) is 0.412. The number of fused-ring (bicyclic) bond motifs is 1. The molecule has 0 atom stereocenters. The van der Waals surface area contributed by atoms with Gasteiger partial charge in [-0.15, -0.1) is 0 Å². The first kappa shape index (κ1) is 14.0. The van der Waals surface area contributed by atoms with Crippen molar-refractivity contribution in [3.05, 3.63) is 48.0 Å². The van der Waals surface area contributed by atoms with Gasteiger partial charge in [0.15, 0.2) is 0 Å². The number of aliphatic hydroxyl groups excluding tert-OH is 1. The molecule has 2 rings (SSSR count). The van der Waals surface area contributed by atoms with Crippen molar-refractivity contribution in [3.8, 4) is 0 Å². The van der Waals surface area contributed by atoms with E-state index in [0.717, 1.165) is 19.5 Å². The van der Waals surface area contributed by atoms with Crippen molar-refractivity contribution in [2.75, 3.05) is 13.2 Å². The molecule has 0 radical (unpaired) electrons. The van der Waals surface area contributed by atoms with Crippen molar-refractivity contribution in [3.63, 3.8) is 0 Å². The molecule has 102 valence electrons. The van der Waals surface area contributed by atoms with Crippen molar-refractivity contribution in [1.29, 1.82) is 0 Å². The van der Waals surface area contributed by atoms with Crippen LogP contribution in [0.15, 0.2) is 42.5 Å². The molecule has 2 aromatic carbocycles. The molecule has 0 heterocycles. The topological polar surface area (TPSA) is 32.3 Å². The summed E-state index contributed by atoms with van der Waals surface area (Å²) in [6.07, 6.45) is 0.829. The van der Waals surface area contributed by atoms with Crippen molar-refractivity contribution >= 4 is 10.8 Å². The lowest BCUT2D eigenvalue weighted by molar-refractivity contribution is 0.207. The average molecular weight is 257 g/mol. The van der Waals surface area contributed by atoms with Gasteiger partial charge in [0, 0.05) is 19.7 Å². The molecule has 0 spiro atoms. The number of benzene rings is 2. The highest BCUT2D eigenvalue weighted by Gasteiger charge is 2.16. The Hall–Kier alpha value is -1.38. The smallest absolute Gasteiger partial charge is 0.0436 e. The SMILES string of the molecule is CC(C)(CCO)CNCc1cccc2ccccc12. The molecule has 2 nitrogen and oxygen atoms in total. The number of rotatable bonds is 6. The molecular formula is C17H23NO. The minimum Gasteiger partial charge on any atom is -0.396 e. The molecule has 0 saturated heterocycles. The first-order valence-corrected chi connectivity index (χ1v) is 6.91. The molecule has 2 heteroatoms. The van der Waals surface area contributed by atoms with Gasteiger partial charge >= 0.3 is 0 Å². The van der Waals surface area contributed by atoms with Crippen LogP contribution in [0.2, 0.25) is 0 Å². The zero-order valence-corrected chi connectivity index (χ0v) is 11.8. The van der Waals surface area contributed by atoms with Crippen molar-refractivity contribution in [2.45, 2.75) is 26.8 Å². The molecule has 0 fully saturated rings. The highest BCUT2D eigenvalue weighted by molar-refractivity contribution is 5.85. The number of hydrogen-bond acceptors (Lipinski definition) is 2. The van der Waals surface area contributed by atoms with E-state index in [0.29, 0.717) is 0 Å². The molecule has 0 aliphatic heterocycles. The molecular weight excluding hydrogens is 234 g/mol. The lowest BCUT2D eigenvalue weighted by atomic mass is 9.89. The Morgan fingerprint density at radius 1 is 1.05 bits per heavy atom. The largest absolute Gasteiger partial charge is 0.396 e. The summed E-state index contributed by atoms with van der Waals surface area (Å²) in [6.45, 7) is 6.40. The van der Waals surface area contributed by atoms with Crippen LogP contribution >= 0.6 is 0 Å². The monoisotopic (exact) mass is 257 g/mol. The second-order valence-electron chi connectivity index (χ2n) is 5.88. The summed E-state index contributed by atoms with van der Waals surface area (Å²) in [7, 11) is 0. The van der Waals surface area contributed by atoms with E-state index in [-0.39, 0.29) is 12.0 Å². The predicted molar refractivity (Wildman–Crippen MR) is 81.1 cm³/mol. The van der Waals surface area contributed by atoms with E-state index in [1.807, 2.05) is 0 Å². The summed E-state index contributed by atoms with van der Waals surface area (Å²) in [6, 6.07) is 14.9. The fourth-order valence-electron chi connectivity index (χ4n) is 2.37. The Kier molecular flexibility index (Phi) is 4.56. The predicted octanol–water partition coefficient (Wildman–Crippen LogP) is 3.34. The quantitative estimate of drug-likeness (QED) is 0.832. The first-order valence-electron chi connectivity index (χ1n) is 6.91. The fourth-order valence-corrected chi connectivity index (χ4v) is 2.37. The van der Waals surface area contributed by atoms with E-state index in [1.54, 1.807) is 0 Å². The lowest BCUT2D eigenvalue weighted by Gasteiger charge is -2.24. The van der Waals surface area contributed by atoms with Gasteiger partial charge in [-0.1, -0.05) is 56.3 Å². The van der Waals surface area contributed by atoms with Gasteiger partial charge in [0.1, 0.15) is 0 Å². The zero-order valence-electron chi connectivity index (χ0n) is 11.8. The van der Waals surface area contributed by atoms with Gasteiger partial charge < -0.3 is 10.4 Å². The van der Waals surface area contributed by atoms with Crippen LogP contribution in [0.25, 0.3) is 10.8 Å².